The first-order valence-electron chi connectivity index (χ1n) is 9.88. The molecule has 2 aliphatic rings. The van der Waals surface area contributed by atoms with Gasteiger partial charge in [0.15, 0.2) is 0 Å². The van der Waals surface area contributed by atoms with E-state index >= 15 is 0 Å². The summed E-state index contributed by atoms with van der Waals surface area (Å²) in [5.41, 5.74) is 2.30. The molecule has 1 fully saturated rings. The lowest BCUT2D eigenvalue weighted by molar-refractivity contribution is -0.130. The molecule has 1 saturated heterocycles. The van der Waals surface area contributed by atoms with E-state index in [1.165, 1.54) is 5.56 Å². The molecule has 0 bridgehead atoms. The largest absolute Gasteiger partial charge is 0.492 e. The molecule has 4 rings (SSSR count). The molecule has 0 radical (unpaired) electrons. The van der Waals surface area contributed by atoms with Crippen molar-refractivity contribution >= 4 is 39.5 Å². The molecule has 29 heavy (non-hydrogen) atoms. The molecule has 2 aromatic carbocycles. The minimum Gasteiger partial charge on any atom is -0.492 e. The van der Waals surface area contributed by atoms with Gasteiger partial charge in [0.2, 0.25) is 5.91 Å². The lowest BCUT2D eigenvalue weighted by Gasteiger charge is -2.34. The third kappa shape index (κ3) is 5.78. The zero-order valence-corrected chi connectivity index (χ0v) is 18.0. The number of piperazine rings is 1. The molecule has 2 heterocycles. The first-order valence-corrected chi connectivity index (χ1v) is 11.9. The fourth-order valence-corrected chi connectivity index (χ4v) is 5.30. The number of thioether (sulfide) groups is 2. The van der Waals surface area contributed by atoms with Gasteiger partial charge in [0.1, 0.15) is 16.7 Å². The van der Waals surface area contributed by atoms with E-state index in [0.717, 1.165) is 54.3 Å². The molecule has 152 valence electrons. The van der Waals surface area contributed by atoms with Gasteiger partial charge in [0, 0.05) is 38.5 Å². The zero-order valence-electron chi connectivity index (χ0n) is 16.3. The molecule has 0 aliphatic carbocycles. The van der Waals surface area contributed by atoms with Crippen molar-refractivity contribution in [1.29, 1.82) is 0 Å². The van der Waals surface area contributed by atoms with E-state index in [4.69, 9.17) is 4.74 Å². The van der Waals surface area contributed by atoms with Gasteiger partial charge in [0.25, 0.3) is 0 Å². The number of para-hydroxylation sites is 2. The first kappa shape index (κ1) is 20.3. The maximum absolute atomic E-state index is 12.6. The number of carbonyl (C=O) groups is 1. The second-order valence-corrected chi connectivity index (χ2v) is 9.15. The normalized spacial score (nSPS) is 16.8. The number of ether oxygens (including phenoxy) is 1. The number of aliphatic imine (C=N–C) groups is 1. The Morgan fingerprint density at radius 3 is 2.62 bits per heavy atom. The fraction of sp³-hybridized carbons (Fsp3) is 0.364. The van der Waals surface area contributed by atoms with Crippen LogP contribution in [0.3, 0.4) is 0 Å². The van der Waals surface area contributed by atoms with E-state index < -0.39 is 0 Å². The van der Waals surface area contributed by atoms with Crippen molar-refractivity contribution in [2.24, 2.45) is 4.99 Å². The van der Waals surface area contributed by atoms with E-state index in [1.807, 2.05) is 53.4 Å². The Hall–Kier alpha value is -1.96. The van der Waals surface area contributed by atoms with E-state index in [-0.39, 0.29) is 5.91 Å². The zero-order chi connectivity index (χ0) is 19.9. The van der Waals surface area contributed by atoms with Gasteiger partial charge in [-0.15, -0.1) is 0 Å². The molecule has 0 atom stereocenters. The van der Waals surface area contributed by atoms with Gasteiger partial charge in [-0.1, -0.05) is 59.9 Å². The maximum Gasteiger partial charge on any atom is 0.233 e. The minimum atomic E-state index is 0.206. The van der Waals surface area contributed by atoms with Crippen LogP contribution < -0.4 is 4.74 Å². The number of rotatable bonds is 6. The van der Waals surface area contributed by atoms with Crippen LogP contribution in [0.5, 0.6) is 5.75 Å². The van der Waals surface area contributed by atoms with Crippen LogP contribution in [0.4, 0.5) is 5.69 Å². The van der Waals surface area contributed by atoms with Crippen LogP contribution in [-0.2, 0) is 10.5 Å². The van der Waals surface area contributed by atoms with Crippen LogP contribution >= 0.6 is 23.5 Å². The molecular formula is C22H25N3O2S2. The summed E-state index contributed by atoms with van der Waals surface area (Å²) in [7, 11) is 0. The lowest BCUT2D eigenvalue weighted by atomic mass is 10.2. The summed E-state index contributed by atoms with van der Waals surface area (Å²) in [6.45, 7) is 4.93. The Kier molecular flexibility index (Phi) is 7.14. The lowest BCUT2D eigenvalue weighted by Crippen LogP contribution is -2.50. The van der Waals surface area contributed by atoms with Crippen molar-refractivity contribution in [3.63, 3.8) is 0 Å². The number of carbonyl (C=O) groups excluding carboxylic acids is 1. The number of hydrogen-bond acceptors (Lipinski definition) is 6. The summed E-state index contributed by atoms with van der Waals surface area (Å²) in [4.78, 5) is 21.6. The summed E-state index contributed by atoms with van der Waals surface area (Å²) in [5.74, 6) is 2.51. The van der Waals surface area contributed by atoms with Gasteiger partial charge >= 0.3 is 0 Å². The second-order valence-electron chi connectivity index (χ2n) is 6.97. The number of benzene rings is 2. The average Bonchev–Trinajstić information content (AvgIpc) is 2.78. The van der Waals surface area contributed by atoms with Gasteiger partial charge in [-0.3, -0.25) is 9.69 Å². The quantitative estimate of drug-likeness (QED) is 0.700. The van der Waals surface area contributed by atoms with Gasteiger partial charge < -0.3 is 9.64 Å². The van der Waals surface area contributed by atoms with Gasteiger partial charge in [-0.25, -0.2) is 4.99 Å². The molecule has 0 N–H and O–H groups in total. The molecule has 7 heteroatoms. The minimum absolute atomic E-state index is 0.206. The van der Waals surface area contributed by atoms with Crippen molar-refractivity contribution in [1.82, 2.24) is 9.80 Å². The van der Waals surface area contributed by atoms with E-state index in [9.17, 15) is 4.79 Å². The van der Waals surface area contributed by atoms with Crippen LogP contribution in [0.2, 0.25) is 0 Å². The van der Waals surface area contributed by atoms with Crippen LogP contribution in [0.15, 0.2) is 59.6 Å². The average molecular weight is 428 g/mol. The number of nitrogens with zero attached hydrogens (tertiary/aromatic N) is 3. The molecule has 5 nitrogen and oxygen atoms in total. The van der Waals surface area contributed by atoms with Gasteiger partial charge in [-0.05, 0) is 23.8 Å². The molecule has 2 aliphatic heterocycles. The Balaban J connectivity index is 1.16. The Morgan fingerprint density at radius 1 is 1.03 bits per heavy atom. The number of amides is 1. The molecule has 0 unspecified atom stereocenters. The third-order valence-corrected chi connectivity index (χ3v) is 7.25. The Labute approximate surface area is 180 Å². The summed E-state index contributed by atoms with van der Waals surface area (Å²) in [5, 5.41) is 0. The maximum atomic E-state index is 12.6. The standard InChI is InChI=1S/C22H25N3O2S2/c26-21(17-29-22-23-20-9-5-4-6-18(20)16-28-22)25-12-10-24(11-13-25)14-15-27-19-7-2-1-3-8-19/h1-9H,10-17H2. The molecule has 0 spiro atoms. The van der Waals surface area contributed by atoms with Crippen LogP contribution in [0.1, 0.15) is 5.56 Å². The predicted octanol–water partition coefficient (Wildman–Crippen LogP) is 3.88. The first-order chi connectivity index (χ1) is 14.3. The van der Waals surface area contributed by atoms with E-state index in [2.05, 4.69) is 16.0 Å². The van der Waals surface area contributed by atoms with Crippen molar-refractivity contribution < 1.29 is 9.53 Å². The molecular weight excluding hydrogens is 402 g/mol. The Bertz CT molecular complexity index is 852. The second kappa shape index (κ2) is 10.2. The van der Waals surface area contributed by atoms with Crippen LogP contribution in [0.25, 0.3) is 0 Å². The SMILES string of the molecule is O=C(CSC1=Nc2ccccc2CS1)N1CCN(CCOc2ccccc2)CC1. The van der Waals surface area contributed by atoms with Crippen molar-refractivity contribution in [2.75, 3.05) is 45.1 Å². The highest BCUT2D eigenvalue weighted by Crippen LogP contribution is 2.34. The highest BCUT2D eigenvalue weighted by atomic mass is 32.2. The highest BCUT2D eigenvalue weighted by Gasteiger charge is 2.22. The number of fused-ring (bicyclic) bond motifs is 1. The van der Waals surface area contributed by atoms with Crippen molar-refractivity contribution in [3.05, 3.63) is 60.2 Å². The summed E-state index contributed by atoms with van der Waals surface area (Å²) in [6.07, 6.45) is 0. The molecule has 1 amide bonds. The van der Waals surface area contributed by atoms with Gasteiger partial charge in [-0.2, -0.15) is 0 Å². The van der Waals surface area contributed by atoms with E-state index in [0.29, 0.717) is 12.4 Å². The monoisotopic (exact) mass is 427 g/mol. The Morgan fingerprint density at radius 2 is 1.79 bits per heavy atom. The van der Waals surface area contributed by atoms with Crippen molar-refractivity contribution in [2.45, 2.75) is 5.75 Å². The topological polar surface area (TPSA) is 45.1 Å². The summed E-state index contributed by atoms with van der Waals surface area (Å²) < 4.78 is 6.77. The summed E-state index contributed by atoms with van der Waals surface area (Å²) >= 11 is 3.29. The summed E-state index contributed by atoms with van der Waals surface area (Å²) in [6, 6.07) is 18.1. The fourth-order valence-electron chi connectivity index (χ4n) is 3.33. The predicted molar refractivity (Wildman–Crippen MR) is 122 cm³/mol. The molecule has 0 saturated carbocycles. The van der Waals surface area contributed by atoms with Gasteiger partial charge in [0.05, 0.1) is 11.4 Å². The highest BCUT2D eigenvalue weighted by molar-refractivity contribution is 8.38. The van der Waals surface area contributed by atoms with Crippen LogP contribution in [-0.4, -0.2) is 65.2 Å². The molecule has 2 aromatic rings. The molecule has 0 aromatic heterocycles. The van der Waals surface area contributed by atoms with Crippen molar-refractivity contribution in [3.8, 4) is 5.75 Å². The smallest absolute Gasteiger partial charge is 0.233 e. The van der Waals surface area contributed by atoms with E-state index in [1.54, 1.807) is 23.5 Å². The van der Waals surface area contributed by atoms with Crippen LogP contribution in [0, 0.1) is 0 Å². The third-order valence-electron chi connectivity index (χ3n) is 5.02. The number of hydrogen-bond donors (Lipinski definition) is 0.